The maximum absolute atomic E-state index is 13.8. The fourth-order valence-corrected chi connectivity index (χ4v) is 8.31. The molecule has 0 spiro atoms. The molecule has 0 unspecified atom stereocenters. The summed E-state index contributed by atoms with van der Waals surface area (Å²) in [7, 11) is -2.65. The first-order chi connectivity index (χ1) is 22.6. The van der Waals surface area contributed by atoms with Gasteiger partial charge in [0.25, 0.3) is 10.0 Å². The molecule has 0 saturated heterocycles. The van der Waals surface area contributed by atoms with Crippen molar-refractivity contribution in [2.45, 2.75) is 82.8 Å². The topological polar surface area (TPSA) is 161 Å². The standard InChI is InChI=1S/C36H44N4O7S/c1-21-22(2)32(23(3)28-19-36(4,5)47-31(21)28)48(44,45)40(6)34(37)38-18-12-11-17-30(33(41)42)39-35(43)46-20-29-26-15-9-7-13-24(26)25-14-8-10-16-27(25)29/h7-10,13-16,29-30H,11-12,17-20H2,1-6H3,(H2,37,38)(H,39,43)(H,41,42)/t30-/m1/s1. The summed E-state index contributed by atoms with van der Waals surface area (Å²) in [4.78, 5) is 29.0. The van der Waals surface area contributed by atoms with Gasteiger partial charge in [-0.3, -0.25) is 4.99 Å². The van der Waals surface area contributed by atoms with Gasteiger partial charge in [0.15, 0.2) is 0 Å². The van der Waals surface area contributed by atoms with Crippen LogP contribution in [0.5, 0.6) is 5.75 Å². The van der Waals surface area contributed by atoms with Crippen molar-refractivity contribution in [3.8, 4) is 16.9 Å². The summed E-state index contributed by atoms with van der Waals surface area (Å²) in [5.74, 6) is -0.750. The molecule has 0 bridgehead atoms. The summed E-state index contributed by atoms with van der Waals surface area (Å²) in [6.45, 7) is 9.61. The molecular weight excluding hydrogens is 632 g/mol. The summed E-state index contributed by atoms with van der Waals surface area (Å²) in [5.41, 5.74) is 12.9. The minimum absolute atomic E-state index is 0.0758. The summed E-state index contributed by atoms with van der Waals surface area (Å²) < 4.78 is 40.1. The number of rotatable bonds is 11. The van der Waals surface area contributed by atoms with Crippen molar-refractivity contribution < 1.29 is 32.6 Å². The molecule has 0 aromatic heterocycles. The van der Waals surface area contributed by atoms with Gasteiger partial charge in [-0.25, -0.2) is 22.3 Å². The molecule has 12 heteroatoms. The van der Waals surface area contributed by atoms with Gasteiger partial charge in [-0.05, 0) is 92.8 Å². The lowest BCUT2D eigenvalue weighted by molar-refractivity contribution is -0.139. The van der Waals surface area contributed by atoms with Gasteiger partial charge in [0.1, 0.15) is 24.0 Å². The lowest BCUT2D eigenvalue weighted by Crippen LogP contribution is -2.41. The van der Waals surface area contributed by atoms with E-state index in [0.717, 1.165) is 43.4 Å². The molecule has 1 heterocycles. The minimum atomic E-state index is -4.02. The number of carboxylic acids is 1. The number of guanidine groups is 1. The van der Waals surface area contributed by atoms with Crippen molar-refractivity contribution in [2.75, 3.05) is 20.2 Å². The Morgan fingerprint density at radius 1 is 1.04 bits per heavy atom. The lowest BCUT2D eigenvalue weighted by Gasteiger charge is -2.23. The molecule has 1 aliphatic heterocycles. The number of nitrogens with two attached hydrogens (primary N) is 1. The highest BCUT2D eigenvalue weighted by Crippen LogP contribution is 2.45. The van der Waals surface area contributed by atoms with E-state index in [9.17, 15) is 23.1 Å². The first-order valence-corrected chi connectivity index (χ1v) is 17.5. The number of carbonyl (C=O) groups excluding carboxylic acids is 1. The van der Waals surface area contributed by atoms with Gasteiger partial charge < -0.3 is 25.6 Å². The number of fused-ring (bicyclic) bond motifs is 4. The van der Waals surface area contributed by atoms with E-state index in [1.807, 2.05) is 69.3 Å². The maximum atomic E-state index is 13.8. The van der Waals surface area contributed by atoms with Gasteiger partial charge in [0.2, 0.25) is 5.96 Å². The zero-order chi connectivity index (χ0) is 35.0. The largest absolute Gasteiger partial charge is 0.487 e. The number of hydrogen-bond acceptors (Lipinski definition) is 7. The second-order valence-electron chi connectivity index (χ2n) is 13.1. The predicted octanol–water partition coefficient (Wildman–Crippen LogP) is 5.42. The SMILES string of the molecule is Cc1c(C)c(S(=O)(=O)N(C)C(N)=NCCCC[C@@H](NC(=O)OCC2c3ccccc3-c3ccccc32)C(=O)O)c(C)c2c1OC(C)(C)C2. The predicted molar refractivity (Wildman–Crippen MR) is 184 cm³/mol. The van der Waals surface area contributed by atoms with E-state index >= 15 is 0 Å². The molecule has 0 fully saturated rings. The monoisotopic (exact) mass is 676 g/mol. The third-order valence-electron chi connectivity index (χ3n) is 9.34. The molecule has 1 aliphatic carbocycles. The Labute approximate surface area is 282 Å². The van der Waals surface area contributed by atoms with Gasteiger partial charge in [-0.2, -0.15) is 0 Å². The van der Waals surface area contributed by atoms with E-state index in [4.69, 9.17) is 15.2 Å². The van der Waals surface area contributed by atoms with Crippen molar-refractivity contribution in [3.63, 3.8) is 0 Å². The quantitative estimate of drug-likeness (QED) is 0.138. The Bertz CT molecular complexity index is 1840. The summed E-state index contributed by atoms with van der Waals surface area (Å²) in [6.07, 6.45) is 0.743. The van der Waals surface area contributed by atoms with E-state index in [0.29, 0.717) is 30.4 Å². The van der Waals surface area contributed by atoms with Crippen LogP contribution >= 0.6 is 0 Å². The number of sulfonamides is 1. The average Bonchev–Trinajstić information content (AvgIpc) is 3.55. The number of alkyl carbamates (subject to hydrolysis) is 1. The lowest BCUT2D eigenvalue weighted by atomic mass is 9.94. The Morgan fingerprint density at radius 3 is 2.25 bits per heavy atom. The molecule has 1 amide bonds. The fraction of sp³-hybridized carbons (Fsp3) is 0.417. The molecule has 3 aromatic rings. The number of unbranched alkanes of at least 4 members (excludes halogenated alkanes) is 1. The minimum Gasteiger partial charge on any atom is -0.487 e. The van der Waals surface area contributed by atoms with E-state index in [2.05, 4.69) is 10.3 Å². The summed E-state index contributed by atoms with van der Waals surface area (Å²) in [6, 6.07) is 14.8. The number of hydrogen-bond donors (Lipinski definition) is 3. The van der Waals surface area contributed by atoms with Crippen LogP contribution in [0.3, 0.4) is 0 Å². The second kappa shape index (κ2) is 13.5. The van der Waals surface area contributed by atoms with Gasteiger partial charge in [0.05, 0.1) is 4.90 Å². The van der Waals surface area contributed by atoms with Crippen LogP contribution in [0.15, 0.2) is 58.4 Å². The molecule has 5 rings (SSSR count). The Hall–Kier alpha value is -4.58. The molecule has 1 atom stereocenters. The number of amides is 1. The molecule has 11 nitrogen and oxygen atoms in total. The van der Waals surface area contributed by atoms with E-state index < -0.39 is 33.7 Å². The smallest absolute Gasteiger partial charge is 0.407 e. The van der Waals surface area contributed by atoms with Gasteiger partial charge in [0, 0.05) is 31.5 Å². The first kappa shape index (κ1) is 34.7. The number of nitrogens with one attached hydrogen (secondary N) is 1. The zero-order valence-electron chi connectivity index (χ0n) is 28.3. The third-order valence-corrected chi connectivity index (χ3v) is 11.4. The number of aliphatic imine (C=N–C) groups is 1. The summed E-state index contributed by atoms with van der Waals surface area (Å²) in [5, 5.41) is 12.2. The fourth-order valence-electron chi connectivity index (χ4n) is 6.68. The highest BCUT2D eigenvalue weighted by atomic mass is 32.2. The van der Waals surface area contributed by atoms with Gasteiger partial charge in [-0.15, -0.1) is 0 Å². The number of carbonyl (C=O) groups is 2. The van der Waals surface area contributed by atoms with Crippen molar-refractivity contribution in [1.29, 1.82) is 0 Å². The van der Waals surface area contributed by atoms with Crippen LogP contribution in [0.4, 0.5) is 4.79 Å². The molecule has 2 aliphatic rings. The van der Waals surface area contributed by atoms with Crippen LogP contribution in [-0.2, 0) is 26.0 Å². The number of ether oxygens (including phenoxy) is 2. The van der Waals surface area contributed by atoms with Crippen LogP contribution in [0.2, 0.25) is 0 Å². The number of benzene rings is 3. The van der Waals surface area contributed by atoms with Gasteiger partial charge in [-0.1, -0.05) is 48.5 Å². The first-order valence-electron chi connectivity index (χ1n) is 16.1. The molecule has 4 N–H and O–H groups in total. The van der Waals surface area contributed by atoms with Gasteiger partial charge >= 0.3 is 12.1 Å². The Balaban J connectivity index is 1.14. The number of aliphatic carboxylic acids is 1. The van der Waals surface area contributed by atoms with E-state index in [1.54, 1.807) is 13.8 Å². The molecular formula is C36H44N4O7S. The van der Waals surface area contributed by atoms with Crippen molar-refractivity contribution in [2.24, 2.45) is 10.7 Å². The summed E-state index contributed by atoms with van der Waals surface area (Å²) >= 11 is 0. The van der Waals surface area contributed by atoms with Crippen molar-refractivity contribution in [3.05, 3.63) is 81.9 Å². The molecule has 256 valence electrons. The molecule has 0 saturated carbocycles. The Morgan fingerprint density at radius 2 is 1.65 bits per heavy atom. The highest BCUT2D eigenvalue weighted by molar-refractivity contribution is 7.89. The number of carboxylic acid groups (broad SMARTS) is 1. The average molecular weight is 677 g/mol. The zero-order valence-corrected chi connectivity index (χ0v) is 29.1. The second-order valence-corrected chi connectivity index (χ2v) is 15.0. The van der Waals surface area contributed by atoms with Crippen LogP contribution in [0.1, 0.15) is 72.4 Å². The van der Waals surface area contributed by atoms with Crippen molar-refractivity contribution >= 4 is 28.0 Å². The maximum Gasteiger partial charge on any atom is 0.407 e. The highest BCUT2D eigenvalue weighted by Gasteiger charge is 2.38. The van der Waals surface area contributed by atoms with E-state index in [1.165, 1.54) is 7.05 Å². The normalized spacial score (nSPS) is 15.6. The molecule has 48 heavy (non-hydrogen) atoms. The van der Waals surface area contributed by atoms with Crippen LogP contribution < -0.4 is 15.8 Å². The van der Waals surface area contributed by atoms with Crippen LogP contribution in [-0.4, -0.2) is 67.7 Å². The molecule has 0 radical (unpaired) electrons. The molecule has 3 aromatic carbocycles. The number of nitrogens with zero attached hydrogens (tertiary/aromatic N) is 2. The van der Waals surface area contributed by atoms with E-state index in [-0.39, 0.29) is 36.3 Å². The van der Waals surface area contributed by atoms with Crippen molar-refractivity contribution in [1.82, 2.24) is 9.62 Å². The van der Waals surface area contributed by atoms with Crippen LogP contribution in [0.25, 0.3) is 11.1 Å². The van der Waals surface area contributed by atoms with Crippen LogP contribution in [0, 0.1) is 20.8 Å². The Kier molecular flexibility index (Phi) is 9.77. The third kappa shape index (κ3) is 6.71.